The number of sulfone groups is 3. The van der Waals surface area contributed by atoms with Crippen LogP contribution >= 0.6 is 24.1 Å². The summed E-state index contributed by atoms with van der Waals surface area (Å²) in [6.45, 7) is 0. The molecular formula is C44H34CuLi4N8O20S8. The summed E-state index contributed by atoms with van der Waals surface area (Å²) in [5.41, 5.74) is -0.260. The van der Waals surface area contributed by atoms with Gasteiger partial charge in [-0.15, -0.1) is 0 Å². The van der Waals surface area contributed by atoms with Gasteiger partial charge in [-0.1, -0.05) is 24.3 Å². The summed E-state index contributed by atoms with van der Waals surface area (Å²) in [6, 6.07) is 15.7. The molecule has 0 unspecified atom stereocenters. The van der Waals surface area contributed by atoms with E-state index >= 15 is 0 Å². The van der Waals surface area contributed by atoms with Crippen LogP contribution in [0.1, 0.15) is 25.7 Å². The van der Waals surface area contributed by atoms with Crippen LogP contribution in [0.4, 0.5) is 0 Å². The number of rotatable bonds is 22. The maximum Gasteiger partial charge on any atom is 2.00 e. The summed E-state index contributed by atoms with van der Waals surface area (Å²) in [6.07, 6.45) is -1.80. The van der Waals surface area contributed by atoms with Gasteiger partial charge in [0.2, 0.25) is 0 Å². The zero-order chi connectivity index (χ0) is 57.6. The quantitative estimate of drug-likeness (QED) is 0.0152. The van der Waals surface area contributed by atoms with Crippen LogP contribution in [0.25, 0.3) is 89.7 Å². The molecule has 0 fully saturated rings. The molecule has 1 radical (unpaired) electrons. The molecule has 0 spiro atoms. The van der Waals surface area contributed by atoms with Gasteiger partial charge >= 0.3 is 98.5 Å². The standard InChI is InChI=1S/C44H38N8O20S8.Cu.4Li/c53-36(12-13-73-72-71-54)70-74-24-4-8-28-32(20-24)41-45-37(28)47-42-34-22-26(76(57,58)15-2-18-79(64,65)66)6-10-30(34)39(49-42)51-44-35-23-27(77(59,60)16-3-19-80(67,68)69)7-11-31(35)40(52-44)50-43-33-21-25(5-9-29(33)38(46-41)48-43)75(55,56)14-1-17-78(61,62)63;;;;;/h4-11,20-23H,1-3,12-19H2,(H4-2,45,46,47,48,49,50,51,52,54,61,62,63,64,65,66,67,68,69);;;;;/q-2;+2;4*+1/p-4. The van der Waals surface area contributed by atoms with Crippen molar-refractivity contribution in [3.05, 3.63) is 72.8 Å². The van der Waals surface area contributed by atoms with Gasteiger partial charge in [0.05, 0.1) is 104 Å². The van der Waals surface area contributed by atoms with E-state index < -0.39 is 120 Å². The minimum atomic E-state index is -4.78. The number of hydrogen-bond acceptors (Lipinski definition) is 28. The molecule has 0 N–H and O–H groups in total. The Hall–Kier alpha value is -3.22. The number of aromatic nitrogens is 8. The van der Waals surface area contributed by atoms with E-state index in [2.05, 4.69) is 24.3 Å². The molecule has 8 bridgehead atoms. The molecule has 3 aromatic heterocycles. The molecule has 5 heterocycles. The maximum atomic E-state index is 13.7. The first-order chi connectivity index (χ1) is 37.6. The van der Waals surface area contributed by atoms with Gasteiger partial charge < -0.3 is 53.0 Å². The van der Waals surface area contributed by atoms with E-state index in [0.717, 1.165) is 6.07 Å². The first-order valence-corrected chi connectivity index (χ1v) is 34.1. The Bertz CT molecular complexity index is 4540. The number of carbonyl (C=O) groups excluding carboxylic acids is 1. The average molecular weight is 1340 g/mol. The van der Waals surface area contributed by atoms with Crippen molar-refractivity contribution in [3.8, 4) is 45.6 Å². The van der Waals surface area contributed by atoms with E-state index in [4.69, 9.17) is 29.1 Å². The van der Waals surface area contributed by atoms with Crippen LogP contribution < -0.4 is 90.7 Å². The topological polar surface area (TPSA) is 447 Å². The fourth-order valence-electron chi connectivity index (χ4n) is 8.16. The van der Waals surface area contributed by atoms with Crippen molar-refractivity contribution < 1.29 is 180 Å². The van der Waals surface area contributed by atoms with Gasteiger partial charge in [0.25, 0.3) is 0 Å². The normalized spacial score (nSPS) is 12.4. The first-order valence-electron chi connectivity index (χ1n) is 22.8. The molecule has 2 aliphatic rings. The fraction of sp³-hybridized carbons (Fsp3) is 0.250. The molecular weight excluding hydrogens is 1310 g/mol. The Morgan fingerprint density at radius 1 is 0.459 bits per heavy atom. The zero-order valence-electron chi connectivity index (χ0n) is 44.5. The first kappa shape index (κ1) is 74.2. The molecule has 0 amide bonds. The summed E-state index contributed by atoms with van der Waals surface area (Å²) >= 11 is 1.22. The molecule has 0 saturated heterocycles. The summed E-state index contributed by atoms with van der Waals surface area (Å²) in [5, 5.41) is 14.0. The molecule has 0 aliphatic carbocycles. The third-order valence-corrected chi connectivity index (χ3v) is 20.8. The predicted octanol–water partition coefficient (Wildman–Crippen LogP) is -9.92. The number of fused-ring (bicyclic) bond motifs is 20. The summed E-state index contributed by atoms with van der Waals surface area (Å²) in [4.78, 5) is 49.6. The number of benzene rings is 4. The minimum Gasteiger partial charge on any atom is -0.748 e. The maximum absolute atomic E-state index is 13.7. The van der Waals surface area contributed by atoms with Crippen LogP contribution in [-0.2, 0) is 95.3 Å². The summed E-state index contributed by atoms with van der Waals surface area (Å²) < 4.78 is 194. The number of nitrogens with zero attached hydrogens (tertiary/aromatic N) is 8. The van der Waals surface area contributed by atoms with Gasteiger partial charge in [-0.3, -0.25) is 9.83 Å². The van der Waals surface area contributed by atoms with Crippen molar-refractivity contribution in [1.29, 1.82) is 0 Å². The van der Waals surface area contributed by atoms with Crippen LogP contribution in [0.2, 0.25) is 0 Å². The van der Waals surface area contributed by atoms with Crippen molar-refractivity contribution >= 4 is 134 Å². The van der Waals surface area contributed by atoms with Crippen molar-refractivity contribution in [2.24, 2.45) is 0 Å². The molecule has 7 aromatic rings. The summed E-state index contributed by atoms with van der Waals surface area (Å²) in [7, 11) is -27.2. The Morgan fingerprint density at radius 2 is 0.824 bits per heavy atom. The number of carbonyl (C=O) groups is 1. The van der Waals surface area contributed by atoms with E-state index in [1.165, 1.54) is 66.7 Å². The van der Waals surface area contributed by atoms with Gasteiger partial charge in [-0.2, -0.15) is 4.33 Å². The largest absolute Gasteiger partial charge is 2.00 e. The van der Waals surface area contributed by atoms with E-state index in [1.807, 2.05) is 0 Å². The Labute approximate surface area is 552 Å². The second-order valence-electron chi connectivity index (χ2n) is 17.4. The fourth-order valence-corrected chi connectivity index (χ4v) is 15.1. The Balaban J connectivity index is 0.00000310. The van der Waals surface area contributed by atoms with E-state index in [1.54, 1.807) is 0 Å². The van der Waals surface area contributed by atoms with Crippen LogP contribution in [-0.4, -0.2) is 140 Å². The third-order valence-electron chi connectivity index (χ3n) is 11.8. The summed E-state index contributed by atoms with van der Waals surface area (Å²) in [5.74, 6) is -6.60. The molecule has 0 saturated carbocycles. The minimum absolute atomic E-state index is 0. The molecule has 85 heavy (non-hydrogen) atoms. The molecule has 2 aliphatic heterocycles. The molecule has 9 rings (SSSR count). The third kappa shape index (κ3) is 18.2. The van der Waals surface area contributed by atoms with Gasteiger partial charge in [0.1, 0.15) is 0 Å². The Morgan fingerprint density at radius 3 is 1.24 bits per heavy atom. The SMILES string of the molecule is O=C(CCSOO[O-])OSc1ccc2c3nc4nc(nc5[n-]c(nc6nc(nc([n-]3)c2c1)-c1ccc(S(=O)(=O)CCCS(=O)(=O)[O-])cc1-6)c1ccc(S(=O)(=O)CCCS(=O)(=O)[O-])cc51)-c1ccc(S(=O)(=O)CCCS(=O)(=O)[O-])cc1-4.[Cu+2].[Li+].[Li+].[Li+].[Li+]. The zero-order valence-corrected chi connectivity index (χ0v) is 52.0. The van der Waals surface area contributed by atoms with E-state index in [-0.39, 0.29) is 209 Å². The van der Waals surface area contributed by atoms with Crippen LogP contribution in [0, 0.1) is 0 Å². The second kappa shape index (κ2) is 29.6. The van der Waals surface area contributed by atoms with Crippen LogP contribution in [0.5, 0.6) is 0 Å². The average Bonchev–Trinajstić information content (AvgIpc) is 3.51. The van der Waals surface area contributed by atoms with Crippen LogP contribution in [0.3, 0.4) is 0 Å². The number of hydrogen-bond donors (Lipinski definition) is 0. The Kier molecular flexibility index (Phi) is 25.9. The predicted molar refractivity (Wildman–Crippen MR) is 279 cm³/mol. The smallest absolute Gasteiger partial charge is 0.748 e. The van der Waals surface area contributed by atoms with Gasteiger partial charge in [0, 0.05) is 84.8 Å². The molecule has 4 aromatic carbocycles. The molecule has 41 heteroatoms. The molecule has 433 valence electrons. The molecule has 0 atom stereocenters. The monoisotopic (exact) mass is 1340 g/mol. The van der Waals surface area contributed by atoms with Gasteiger partial charge in [0.15, 0.2) is 29.5 Å². The molecule has 28 nitrogen and oxygen atoms in total. The van der Waals surface area contributed by atoms with Crippen molar-refractivity contribution in [2.75, 3.05) is 40.3 Å². The van der Waals surface area contributed by atoms with Crippen LogP contribution in [0.15, 0.2) is 92.4 Å². The van der Waals surface area contributed by atoms with Gasteiger partial charge in [-0.05, 0) is 89.3 Å². The van der Waals surface area contributed by atoms with Gasteiger partial charge in [-0.25, -0.2) is 60.5 Å². The second-order valence-corrected chi connectivity index (χ2v) is 29.8. The van der Waals surface area contributed by atoms with Crippen molar-refractivity contribution in [2.45, 2.75) is 45.3 Å². The van der Waals surface area contributed by atoms with E-state index in [9.17, 15) is 74.2 Å². The van der Waals surface area contributed by atoms with E-state index in [0.29, 0.717) is 29.0 Å². The van der Waals surface area contributed by atoms with Crippen molar-refractivity contribution in [3.63, 3.8) is 0 Å². The van der Waals surface area contributed by atoms with Crippen molar-refractivity contribution in [1.82, 2.24) is 39.9 Å².